The quantitative estimate of drug-likeness (QED) is 0.570. The molecule has 0 aliphatic rings. The van der Waals surface area contributed by atoms with E-state index in [-0.39, 0.29) is 6.29 Å². The van der Waals surface area contributed by atoms with Gasteiger partial charge in [-0.05, 0) is 17.7 Å². The molecule has 0 aliphatic carbocycles. The third-order valence-corrected chi connectivity index (χ3v) is 2.60. The van der Waals surface area contributed by atoms with Gasteiger partial charge in [0.2, 0.25) is 0 Å². The van der Waals surface area contributed by atoms with Crippen LogP contribution in [0, 0.1) is 0 Å². The summed E-state index contributed by atoms with van der Waals surface area (Å²) < 4.78 is 20.1. The molecule has 1 aromatic rings. The molecule has 0 aliphatic heterocycles. The van der Waals surface area contributed by atoms with Crippen LogP contribution < -0.4 is 4.74 Å². The summed E-state index contributed by atoms with van der Waals surface area (Å²) in [5, 5.41) is 0. The Balaban J connectivity index is 2.98. The van der Waals surface area contributed by atoms with Crippen LogP contribution >= 0.6 is 0 Å². The molecular weight excluding hydrogens is 236 g/mol. The van der Waals surface area contributed by atoms with E-state index in [1.165, 1.54) is 14.2 Å². The highest BCUT2D eigenvalue weighted by Gasteiger charge is 2.15. The van der Waals surface area contributed by atoms with Gasteiger partial charge in [0.05, 0.1) is 14.2 Å². The third kappa shape index (κ3) is 3.45. The second-order valence-corrected chi connectivity index (χ2v) is 3.63. The van der Waals surface area contributed by atoms with E-state index in [2.05, 4.69) is 0 Å². The van der Waals surface area contributed by atoms with E-state index in [1.54, 1.807) is 26.4 Å². The van der Waals surface area contributed by atoms with E-state index < -0.39 is 5.97 Å². The SMILES string of the molecule is COC(=O)c1cc(CC(OC)OC)ccc1OC. The Morgan fingerprint density at radius 1 is 1.17 bits per heavy atom. The Labute approximate surface area is 107 Å². The van der Waals surface area contributed by atoms with Crippen LogP contribution in [-0.4, -0.2) is 40.7 Å². The average molecular weight is 254 g/mol. The predicted molar refractivity (Wildman–Crippen MR) is 65.8 cm³/mol. The molecule has 0 atom stereocenters. The van der Waals surface area contributed by atoms with E-state index in [4.69, 9.17) is 18.9 Å². The Morgan fingerprint density at radius 2 is 1.83 bits per heavy atom. The van der Waals surface area contributed by atoms with Crippen molar-refractivity contribution >= 4 is 5.97 Å². The van der Waals surface area contributed by atoms with Crippen LogP contribution in [0.2, 0.25) is 0 Å². The molecule has 5 heteroatoms. The lowest BCUT2D eigenvalue weighted by molar-refractivity contribution is -0.100. The molecule has 0 saturated heterocycles. The van der Waals surface area contributed by atoms with Gasteiger partial charge in [-0.2, -0.15) is 0 Å². The van der Waals surface area contributed by atoms with Gasteiger partial charge in [0, 0.05) is 20.6 Å². The largest absolute Gasteiger partial charge is 0.496 e. The van der Waals surface area contributed by atoms with Crippen LogP contribution in [-0.2, 0) is 20.6 Å². The summed E-state index contributed by atoms with van der Waals surface area (Å²) in [6.45, 7) is 0. The average Bonchev–Trinajstić information content (AvgIpc) is 2.43. The van der Waals surface area contributed by atoms with Crippen LogP contribution in [0.3, 0.4) is 0 Å². The summed E-state index contributed by atoms with van der Waals surface area (Å²) in [5.74, 6) is 0.0528. The molecule has 18 heavy (non-hydrogen) atoms. The number of hydrogen-bond acceptors (Lipinski definition) is 5. The summed E-state index contributed by atoms with van der Waals surface area (Å²) >= 11 is 0. The van der Waals surface area contributed by atoms with Crippen LogP contribution in [0.5, 0.6) is 5.75 Å². The van der Waals surface area contributed by atoms with Crippen molar-refractivity contribution in [1.82, 2.24) is 0 Å². The Morgan fingerprint density at radius 3 is 2.33 bits per heavy atom. The van der Waals surface area contributed by atoms with Gasteiger partial charge >= 0.3 is 5.97 Å². The van der Waals surface area contributed by atoms with Crippen molar-refractivity contribution in [2.45, 2.75) is 12.7 Å². The normalized spacial score (nSPS) is 10.5. The molecule has 1 rings (SSSR count). The van der Waals surface area contributed by atoms with Crippen molar-refractivity contribution in [2.75, 3.05) is 28.4 Å². The third-order valence-electron chi connectivity index (χ3n) is 2.60. The maximum atomic E-state index is 11.6. The van der Waals surface area contributed by atoms with E-state index >= 15 is 0 Å². The van der Waals surface area contributed by atoms with Gasteiger partial charge in [0.15, 0.2) is 6.29 Å². The molecule has 0 unspecified atom stereocenters. The van der Waals surface area contributed by atoms with Gasteiger partial charge in [-0.1, -0.05) is 6.07 Å². The molecular formula is C13H18O5. The maximum Gasteiger partial charge on any atom is 0.341 e. The lowest BCUT2D eigenvalue weighted by atomic mass is 10.1. The van der Waals surface area contributed by atoms with E-state index in [0.29, 0.717) is 17.7 Å². The van der Waals surface area contributed by atoms with Crippen molar-refractivity contribution < 1.29 is 23.7 Å². The zero-order valence-corrected chi connectivity index (χ0v) is 11.1. The second kappa shape index (κ2) is 6.98. The van der Waals surface area contributed by atoms with Gasteiger partial charge < -0.3 is 18.9 Å². The number of carbonyl (C=O) groups is 1. The minimum absolute atomic E-state index is 0.344. The Bertz CT molecular complexity index is 398. The summed E-state index contributed by atoms with van der Waals surface area (Å²) in [6, 6.07) is 5.30. The fraction of sp³-hybridized carbons (Fsp3) is 0.462. The number of ether oxygens (including phenoxy) is 4. The molecule has 1 aromatic carbocycles. The molecule has 0 aromatic heterocycles. The predicted octanol–water partition coefficient (Wildman–Crippen LogP) is 1.64. The van der Waals surface area contributed by atoms with E-state index in [9.17, 15) is 4.79 Å². The number of carbonyl (C=O) groups excluding carboxylic acids is 1. The molecule has 0 spiro atoms. The Kier molecular flexibility index (Phi) is 5.61. The zero-order valence-electron chi connectivity index (χ0n) is 11.1. The fourth-order valence-electron chi connectivity index (χ4n) is 1.61. The number of methoxy groups -OCH3 is 4. The molecule has 0 fully saturated rings. The van der Waals surface area contributed by atoms with Crippen LogP contribution in [0.15, 0.2) is 18.2 Å². The topological polar surface area (TPSA) is 54.0 Å². The minimum Gasteiger partial charge on any atom is -0.496 e. The molecule has 0 N–H and O–H groups in total. The van der Waals surface area contributed by atoms with E-state index in [1.807, 2.05) is 6.07 Å². The summed E-state index contributed by atoms with van der Waals surface area (Å²) in [7, 11) is 5.98. The molecule has 0 amide bonds. The number of hydrogen-bond donors (Lipinski definition) is 0. The number of esters is 1. The van der Waals surface area contributed by atoms with Gasteiger partial charge in [-0.15, -0.1) is 0 Å². The zero-order chi connectivity index (χ0) is 13.5. The first-order chi connectivity index (χ1) is 8.65. The van der Waals surface area contributed by atoms with Crippen molar-refractivity contribution in [3.8, 4) is 5.75 Å². The lowest BCUT2D eigenvalue weighted by Gasteiger charge is -2.14. The Hall–Kier alpha value is -1.59. The standard InChI is InChI=1S/C13H18O5/c1-15-11-6-5-9(8-12(16-2)17-3)7-10(11)13(14)18-4/h5-7,12H,8H2,1-4H3. The van der Waals surface area contributed by atoms with Crippen molar-refractivity contribution in [1.29, 1.82) is 0 Å². The first-order valence-corrected chi connectivity index (χ1v) is 5.47. The monoisotopic (exact) mass is 254 g/mol. The van der Waals surface area contributed by atoms with Crippen LogP contribution in [0.25, 0.3) is 0 Å². The van der Waals surface area contributed by atoms with Crippen molar-refractivity contribution in [3.05, 3.63) is 29.3 Å². The second-order valence-electron chi connectivity index (χ2n) is 3.63. The van der Waals surface area contributed by atoms with Gasteiger partial charge in [-0.3, -0.25) is 0 Å². The molecule has 5 nitrogen and oxygen atoms in total. The van der Waals surface area contributed by atoms with Gasteiger partial charge in [0.25, 0.3) is 0 Å². The molecule has 0 heterocycles. The fourth-order valence-corrected chi connectivity index (χ4v) is 1.61. The highest BCUT2D eigenvalue weighted by atomic mass is 16.7. The van der Waals surface area contributed by atoms with Crippen molar-refractivity contribution in [2.24, 2.45) is 0 Å². The number of benzene rings is 1. The summed E-state index contributed by atoms with van der Waals surface area (Å²) in [6.07, 6.45) is 0.199. The van der Waals surface area contributed by atoms with Crippen LogP contribution in [0.1, 0.15) is 15.9 Å². The summed E-state index contributed by atoms with van der Waals surface area (Å²) in [4.78, 5) is 11.6. The molecule has 0 bridgehead atoms. The summed E-state index contributed by atoms with van der Waals surface area (Å²) in [5.41, 5.74) is 1.30. The molecule has 100 valence electrons. The lowest BCUT2D eigenvalue weighted by Crippen LogP contribution is -2.16. The first kappa shape index (κ1) is 14.5. The number of rotatable bonds is 6. The van der Waals surface area contributed by atoms with Gasteiger partial charge in [-0.25, -0.2) is 4.79 Å². The molecule has 0 saturated carbocycles. The van der Waals surface area contributed by atoms with Gasteiger partial charge in [0.1, 0.15) is 11.3 Å². The van der Waals surface area contributed by atoms with E-state index in [0.717, 1.165) is 5.56 Å². The molecule has 0 radical (unpaired) electrons. The minimum atomic E-state index is -0.430. The smallest absolute Gasteiger partial charge is 0.341 e. The van der Waals surface area contributed by atoms with Crippen LogP contribution in [0.4, 0.5) is 0 Å². The highest BCUT2D eigenvalue weighted by Crippen LogP contribution is 2.21. The van der Waals surface area contributed by atoms with Crippen molar-refractivity contribution in [3.63, 3.8) is 0 Å². The highest BCUT2D eigenvalue weighted by molar-refractivity contribution is 5.92. The first-order valence-electron chi connectivity index (χ1n) is 5.47. The maximum absolute atomic E-state index is 11.6.